The number of aromatic nitrogens is 1. The SMILES string of the molecule is Cc1cc(CN)cnc1Oc1cccc(Cl)c1. The van der Waals surface area contributed by atoms with E-state index in [1.807, 2.05) is 25.1 Å². The Morgan fingerprint density at radius 1 is 1.35 bits per heavy atom. The highest BCUT2D eigenvalue weighted by Gasteiger charge is 2.04. The minimum Gasteiger partial charge on any atom is -0.439 e. The van der Waals surface area contributed by atoms with Crippen LogP contribution in [-0.4, -0.2) is 4.98 Å². The zero-order valence-electron chi connectivity index (χ0n) is 9.48. The van der Waals surface area contributed by atoms with E-state index in [2.05, 4.69) is 4.98 Å². The standard InChI is InChI=1S/C13H13ClN2O/c1-9-5-10(7-15)8-16-13(9)17-12-4-2-3-11(14)6-12/h2-6,8H,7,15H2,1H3. The number of halogens is 1. The maximum Gasteiger partial charge on any atom is 0.222 e. The lowest BCUT2D eigenvalue weighted by atomic mass is 10.2. The van der Waals surface area contributed by atoms with E-state index in [1.54, 1.807) is 18.3 Å². The lowest BCUT2D eigenvalue weighted by molar-refractivity contribution is 0.458. The van der Waals surface area contributed by atoms with Gasteiger partial charge in [0.05, 0.1) is 0 Å². The monoisotopic (exact) mass is 248 g/mol. The van der Waals surface area contributed by atoms with Gasteiger partial charge >= 0.3 is 0 Å². The van der Waals surface area contributed by atoms with E-state index >= 15 is 0 Å². The van der Waals surface area contributed by atoms with E-state index in [9.17, 15) is 0 Å². The zero-order valence-corrected chi connectivity index (χ0v) is 10.2. The van der Waals surface area contributed by atoms with E-state index < -0.39 is 0 Å². The van der Waals surface area contributed by atoms with Crippen LogP contribution in [0.2, 0.25) is 5.02 Å². The van der Waals surface area contributed by atoms with E-state index in [-0.39, 0.29) is 0 Å². The molecule has 17 heavy (non-hydrogen) atoms. The highest BCUT2D eigenvalue weighted by Crippen LogP contribution is 2.25. The summed E-state index contributed by atoms with van der Waals surface area (Å²) >= 11 is 5.88. The van der Waals surface area contributed by atoms with Gasteiger partial charge < -0.3 is 10.5 Å². The molecule has 0 spiro atoms. The molecule has 2 N–H and O–H groups in total. The number of hydrogen-bond donors (Lipinski definition) is 1. The Hall–Kier alpha value is -1.58. The molecule has 88 valence electrons. The predicted molar refractivity (Wildman–Crippen MR) is 68.4 cm³/mol. The van der Waals surface area contributed by atoms with Gasteiger partial charge in [0, 0.05) is 23.3 Å². The molecule has 0 atom stereocenters. The van der Waals surface area contributed by atoms with Crippen LogP contribution in [0, 0.1) is 6.92 Å². The molecule has 3 nitrogen and oxygen atoms in total. The van der Waals surface area contributed by atoms with Gasteiger partial charge in [-0.3, -0.25) is 0 Å². The van der Waals surface area contributed by atoms with Crippen LogP contribution in [0.25, 0.3) is 0 Å². The molecule has 0 amide bonds. The van der Waals surface area contributed by atoms with Crippen LogP contribution in [0.3, 0.4) is 0 Å². The normalized spacial score (nSPS) is 10.3. The Morgan fingerprint density at radius 3 is 2.82 bits per heavy atom. The van der Waals surface area contributed by atoms with Crippen LogP contribution < -0.4 is 10.5 Å². The molecular weight excluding hydrogens is 236 g/mol. The zero-order chi connectivity index (χ0) is 12.3. The Bertz CT molecular complexity index is 529. The first-order valence-electron chi connectivity index (χ1n) is 5.28. The van der Waals surface area contributed by atoms with Crippen molar-refractivity contribution in [1.29, 1.82) is 0 Å². The van der Waals surface area contributed by atoms with Crippen molar-refractivity contribution in [2.75, 3.05) is 0 Å². The van der Waals surface area contributed by atoms with Gasteiger partial charge in [-0.15, -0.1) is 0 Å². The Morgan fingerprint density at radius 2 is 2.18 bits per heavy atom. The van der Waals surface area contributed by atoms with Gasteiger partial charge in [0.2, 0.25) is 5.88 Å². The summed E-state index contributed by atoms with van der Waals surface area (Å²) in [6, 6.07) is 9.18. The second-order valence-corrected chi connectivity index (χ2v) is 4.17. The minimum atomic E-state index is 0.477. The van der Waals surface area contributed by atoms with Gasteiger partial charge in [0.15, 0.2) is 0 Å². The van der Waals surface area contributed by atoms with Crippen LogP contribution in [0.4, 0.5) is 0 Å². The van der Waals surface area contributed by atoms with Gasteiger partial charge in [-0.2, -0.15) is 0 Å². The van der Waals surface area contributed by atoms with Crippen molar-refractivity contribution < 1.29 is 4.74 Å². The molecule has 0 aliphatic rings. The number of ether oxygens (including phenoxy) is 1. The van der Waals surface area contributed by atoms with Crippen LogP contribution in [0.1, 0.15) is 11.1 Å². The molecule has 2 aromatic rings. The van der Waals surface area contributed by atoms with Crippen LogP contribution in [-0.2, 0) is 6.54 Å². The molecule has 0 fully saturated rings. The number of pyridine rings is 1. The van der Waals surface area contributed by atoms with Crippen molar-refractivity contribution in [3.05, 3.63) is 52.7 Å². The highest BCUT2D eigenvalue weighted by molar-refractivity contribution is 6.30. The predicted octanol–water partition coefficient (Wildman–Crippen LogP) is 3.29. The fourth-order valence-electron chi connectivity index (χ4n) is 1.48. The van der Waals surface area contributed by atoms with Crippen LogP contribution in [0.5, 0.6) is 11.6 Å². The molecule has 2 rings (SSSR count). The van der Waals surface area contributed by atoms with Gasteiger partial charge in [0.1, 0.15) is 5.75 Å². The molecule has 1 aromatic carbocycles. The first-order valence-corrected chi connectivity index (χ1v) is 5.66. The summed E-state index contributed by atoms with van der Waals surface area (Å²) in [5.41, 5.74) is 7.48. The molecule has 0 saturated carbocycles. The van der Waals surface area contributed by atoms with Crippen molar-refractivity contribution in [2.45, 2.75) is 13.5 Å². The summed E-state index contributed by atoms with van der Waals surface area (Å²) in [7, 11) is 0. The third kappa shape index (κ3) is 2.96. The van der Waals surface area contributed by atoms with Crippen molar-refractivity contribution in [2.24, 2.45) is 5.73 Å². The van der Waals surface area contributed by atoms with E-state index in [1.165, 1.54) is 0 Å². The number of nitrogens with zero attached hydrogens (tertiary/aromatic N) is 1. The van der Waals surface area contributed by atoms with Crippen molar-refractivity contribution in [3.63, 3.8) is 0 Å². The summed E-state index contributed by atoms with van der Waals surface area (Å²) < 4.78 is 5.65. The Kier molecular flexibility index (Phi) is 3.61. The molecular formula is C13H13ClN2O. The number of rotatable bonds is 3. The fourth-order valence-corrected chi connectivity index (χ4v) is 1.66. The van der Waals surface area contributed by atoms with E-state index in [0.29, 0.717) is 23.2 Å². The minimum absolute atomic E-state index is 0.477. The van der Waals surface area contributed by atoms with Crippen molar-refractivity contribution in [3.8, 4) is 11.6 Å². The Balaban J connectivity index is 2.24. The van der Waals surface area contributed by atoms with Gasteiger partial charge in [0.25, 0.3) is 0 Å². The maximum absolute atomic E-state index is 5.88. The molecule has 1 aromatic heterocycles. The Labute approximate surface area is 105 Å². The van der Waals surface area contributed by atoms with E-state index in [4.69, 9.17) is 22.1 Å². The molecule has 0 aliphatic carbocycles. The average Bonchev–Trinajstić information content (AvgIpc) is 2.32. The molecule has 0 radical (unpaired) electrons. The molecule has 0 unspecified atom stereocenters. The molecule has 1 heterocycles. The number of aryl methyl sites for hydroxylation is 1. The molecule has 0 saturated heterocycles. The summed E-state index contributed by atoms with van der Waals surface area (Å²) in [5.74, 6) is 1.25. The van der Waals surface area contributed by atoms with Gasteiger partial charge in [-0.05, 0) is 36.8 Å². The molecule has 4 heteroatoms. The molecule has 0 aliphatic heterocycles. The van der Waals surface area contributed by atoms with Crippen molar-refractivity contribution in [1.82, 2.24) is 4.98 Å². The highest BCUT2D eigenvalue weighted by atomic mass is 35.5. The van der Waals surface area contributed by atoms with E-state index in [0.717, 1.165) is 11.1 Å². The second kappa shape index (κ2) is 5.17. The van der Waals surface area contributed by atoms with Gasteiger partial charge in [-0.1, -0.05) is 17.7 Å². The average molecular weight is 249 g/mol. The van der Waals surface area contributed by atoms with Crippen LogP contribution >= 0.6 is 11.6 Å². The first-order chi connectivity index (χ1) is 8.19. The van der Waals surface area contributed by atoms with Crippen LogP contribution in [0.15, 0.2) is 36.5 Å². The third-order valence-electron chi connectivity index (χ3n) is 2.33. The summed E-state index contributed by atoms with van der Waals surface area (Å²) in [4.78, 5) is 4.23. The number of hydrogen-bond acceptors (Lipinski definition) is 3. The summed E-state index contributed by atoms with van der Waals surface area (Å²) in [6.45, 7) is 2.41. The smallest absolute Gasteiger partial charge is 0.222 e. The molecule has 0 bridgehead atoms. The number of nitrogens with two attached hydrogens (primary N) is 1. The summed E-state index contributed by atoms with van der Waals surface area (Å²) in [5, 5.41) is 0.638. The second-order valence-electron chi connectivity index (χ2n) is 3.73. The third-order valence-corrected chi connectivity index (χ3v) is 2.57. The van der Waals surface area contributed by atoms with Gasteiger partial charge in [-0.25, -0.2) is 4.98 Å². The maximum atomic E-state index is 5.88. The lowest BCUT2D eigenvalue weighted by Crippen LogP contribution is -1.99. The summed E-state index contributed by atoms with van der Waals surface area (Å²) in [6.07, 6.45) is 1.72. The quantitative estimate of drug-likeness (QED) is 0.907. The first kappa shape index (κ1) is 11.9. The topological polar surface area (TPSA) is 48.1 Å². The fraction of sp³-hybridized carbons (Fsp3) is 0.154. The van der Waals surface area contributed by atoms with Crippen molar-refractivity contribution >= 4 is 11.6 Å². The number of benzene rings is 1. The lowest BCUT2D eigenvalue weighted by Gasteiger charge is -2.08. The largest absolute Gasteiger partial charge is 0.439 e.